The van der Waals surface area contributed by atoms with Gasteiger partial charge >= 0.3 is 62.1 Å². The number of alkyl halides is 2. The first-order chi connectivity index (χ1) is 21.4. The molecule has 46 heavy (non-hydrogen) atoms. The minimum atomic E-state index is -5.42. The molecule has 0 N–H and O–H groups in total. The normalized spacial score (nSPS) is 26.3. The number of nitrogens with zero attached hydrogens (tertiary/aromatic N) is 7. The molecule has 4 fully saturated rings. The molecule has 4 saturated carbocycles. The Morgan fingerprint density at radius 2 is 0.978 bits per heavy atom. The van der Waals surface area contributed by atoms with E-state index in [1.165, 1.54) is 25.7 Å². The van der Waals surface area contributed by atoms with Crippen molar-refractivity contribution in [1.29, 1.82) is 0 Å². The predicted molar refractivity (Wildman–Crippen MR) is 196 cm³/mol. The number of fused-ring (bicyclic) bond motifs is 1. The van der Waals surface area contributed by atoms with Crippen molar-refractivity contribution in [3.8, 4) is 0 Å². The molecule has 0 spiro atoms. The molecule has 0 saturated heterocycles. The van der Waals surface area contributed by atoms with Crippen molar-refractivity contribution in [2.24, 2.45) is 20.5 Å². The molecule has 4 aliphatic carbocycles. The third-order valence-corrected chi connectivity index (χ3v) is 10.6. The van der Waals surface area contributed by atoms with Gasteiger partial charge in [0.05, 0.1) is 5.21 Å². The van der Waals surface area contributed by atoms with Crippen LogP contribution in [-0.2, 0) is 11.3 Å². The van der Waals surface area contributed by atoms with Crippen LogP contribution >= 0.6 is 76.2 Å². The van der Waals surface area contributed by atoms with E-state index in [0.717, 1.165) is 114 Å². The third kappa shape index (κ3) is 10.7. The fourth-order valence-electron chi connectivity index (χ4n) is 7.32. The standard InChI is InChI=1S/C30H44Cl2N7.6ClH.Sb/c31-27(17-7-1-8-18-27)33-35-29(21-11-3-12-22-29)38-25-15-5-6-16-26(25)39(37-38)30(23-13-4-14-24-30)36-34-28(32)19-9-2-10-20-28;;;;;;;/h5-6,15-16H,1-4,7-14,17-24H2;6*1H;/q+1;;;;;;;+5/p-6/b35-33+,36-34+;;;;;;;. The number of halogens is 8. The van der Waals surface area contributed by atoms with E-state index in [1.807, 2.05) is 0 Å². The van der Waals surface area contributed by atoms with Crippen molar-refractivity contribution < 1.29 is 4.68 Å². The maximum atomic E-state index is 7.00. The van der Waals surface area contributed by atoms with Crippen molar-refractivity contribution in [3.05, 3.63) is 24.3 Å². The Morgan fingerprint density at radius 1 is 0.565 bits per heavy atom. The quantitative estimate of drug-likeness (QED) is 0.0936. The summed E-state index contributed by atoms with van der Waals surface area (Å²) in [5, 5.41) is 25.5. The second-order valence-corrected chi connectivity index (χ2v) is 71.9. The fraction of sp³-hybridized carbons (Fsp3) is 0.800. The van der Waals surface area contributed by atoms with Gasteiger partial charge in [-0.05, 0) is 89.2 Å². The summed E-state index contributed by atoms with van der Waals surface area (Å²) in [6, 6.07) is 8.57. The molecule has 260 valence electrons. The Balaban J connectivity index is 0.000000537. The van der Waals surface area contributed by atoms with Crippen LogP contribution in [0.1, 0.15) is 128 Å². The summed E-state index contributed by atoms with van der Waals surface area (Å²) in [4.78, 5) is -1.15. The summed E-state index contributed by atoms with van der Waals surface area (Å²) in [6.07, 6.45) is 21.2. The first-order valence-electron chi connectivity index (χ1n) is 16.6. The molecule has 16 heteroatoms. The minimum absolute atomic E-state index is 0.521. The number of aromatic nitrogens is 3. The molecule has 0 atom stereocenters. The van der Waals surface area contributed by atoms with Gasteiger partial charge < -0.3 is 0 Å². The van der Waals surface area contributed by atoms with Crippen molar-refractivity contribution in [3.63, 3.8) is 0 Å². The van der Waals surface area contributed by atoms with Gasteiger partial charge in [-0.2, -0.15) is 10.2 Å². The van der Waals surface area contributed by atoms with E-state index in [9.17, 15) is 0 Å². The molecule has 7 nitrogen and oxygen atoms in total. The van der Waals surface area contributed by atoms with Crippen LogP contribution in [0.2, 0.25) is 0 Å². The van der Waals surface area contributed by atoms with Crippen LogP contribution < -0.4 is 4.68 Å². The van der Waals surface area contributed by atoms with E-state index in [0.29, 0.717) is 0 Å². The molecule has 1 aromatic carbocycles. The molecule has 0 radical (unpaired) electrons. The van der Waals surface area contributed by atoms with Gasteiger partial charge in [0.2, 0.25) is 22.4 Å². The predicted octanol–water partition coefficient (Wildman–Crippen LogP) is 13.0. The van der Waals surface area contributed by atoms with E-state index in [4.69, 9.17) is 102 Å². The maximum absolute atomic E-state index is 7.00. The van der Waals surface area contributed by atoms with Gasteiger partial charge in [0, 0.05) is 25.7 Å². The van der Waals surface area contributed by atoms with Crippen LogP contribution in [0.25, 0.3) is 11.0 Å². The summed E-state index contributed by atoms with van der Waals surface area (Å²) in [7, 11) is 25.0. The topological polar surface area (TPSA) is 71.1 Å². The van der Waals surface area contributed by atoms with Gasteiger partial charge in [0.1, 0.15) is 0 Å². The second kappa shape index (κ2) is 14.2. The zero-order valence-electron chi connectivity index (χ0n) is 26.1. The van der Waals surface area contributed by atoms with Crippen molar-refractivity contribution in [1.82, 2.24) is 9.90 Å². The number of rotatable bonds is 6. The molecule has 0 aliphatic heterocycles. The number of benzene rings is 1. The van der Waals surface area contributed by atoms with E-state index in [1.54, 1.807) is 0 Å². The zero-order chi connectivity index (χ0) is 33.2. The van der Waals surface area contributed by atoms with Crippen LogP contribution in [-0.4, -0.2) is 29.0 Å². The molecule has 6 rings (SSSR count). The van der Waals surface area contributed by atoms with Crippen LogP contribution in [0.4, 0.5) is 0 Å². The Labute approximate surface area is 302 Å². The Morgan fingerprint density at radius 3 is 1.48 bits per heavy atom. The van der Waals surface area contributed by atoms with Crippen LogP contribution in [0.5, 0.6) is 0 Å². The van der Waals surface area contributed by atoms with E-state index in [-0.39, 0.29) is 0 Å². The Hall–Kier alpha value is 0.958. The third-order valence-electron chi connectivity index (χ3n) is 9.68. The molecular weight excluding hydrogens is 864 g/mol. The van der Waals surface area contributed by atoms with Crippen molar-refractivity contribution in [2.75, 3.05) is 0 Å². The second-order valence-electron chi connectivity index (χ2n) is 13.6. The van der Waals surface area contributed by atoms with Gasteiger partial charge in [-0.1, -0.05) is 61.0 Å². The zero-order valence-corrected chi connectivity index (χ0v) is 34.7. The molecule has 2 aromatic rings. The fourth-order valence-corrected chi connectivity index (χ4v) is 7.93. The van der Waals surface area contributed by atoms with Gasteiger partial charge in [-0.25, -0.2) is 0 Å². The molecule has 0 bridgehead atoms. The van der Waals surface area contributed by atoms with Gasteiger partial charge in [-0.15, -0.1) is 19.6 Å². The summed E-state index contributed by atoms with van der Waals surface area (Å²) >= 11 is 14.0. The summed E-state index contributed by atoms with van der Waals surface area (Å²) in [6.45, 7) is 0. The molecule has 0 unspecified atom stereocenters. The molecule has 1 heterocycles. The van der Waals surface area contributed by atoms with Gasteiger partial charge in [-0.3, -0.25) is 0 Å². The molecule has 4 aliphatic rings. The van der Waals surface area contributed by atoms with Crippen molar-refractivity contribution >= 4 is 96.4 Å². The monoisotopic (exact) mass is 903 g/mol. The number of hydrogen-bond acceptors (Lipinski definition) is 5. The number of hydrogen-bond donors (Lipinski definition) is 0. The Bertz CT molecular complexity index is 1300. The number of para-hydroxylation sites is 2. The molecule has 1 aromatic heterocycles. The average molecular weight is 908 g/mol. The van der Waals surface area contributed by atoms with E-state index in [2.05, 4.69) is 33.6 Å². The molecule has 0 amide bonds. The number of azo groups is 2. The first-order valence-corrected chi connectivity index (χ1v) is 36.8. The van der Waals surface area contributed by atoms with E-state index >= 15 is 0 Å². The van der Waals surface area contributed by atoms with Crippen LogP contribution in [0, 0.1) is 0 Å². The average Bonchev–Trinajstić information content (AvgIpc) is 3.41. The van der Waals surface area contributed by atoms with Gasteiger partial charge in [0.15, 0.2) is 10.00 Å². The summed E-state index contributed by atoms with van der Waals surface area (Å²) in [5.41, 5.74) is 1.13. The van der Waals surface area contributed by atoms with Crippen molar-refractivity contribution in [2.45, 2.75) is 150 Å². The summed E-state index contributed by atoms with van der Waals surface area (Å²) in [5.74, 6) is 0. The van der Waals surface area contributed by atoms with E-state index < -0.39 is 30.5 Å². The van der Waals surface area contributed by atoms with Crippen LogP contribution in [0.3, 0.4) is 0 Å². The van der Waals surface area contributed by atoms with Gasteiger partial charge in [0.25, 0.3) is 0 Å². The molecular formula is C30H44Cl8N7Sb. The Kier molecular flexibility index (Phi) is 11.8. The SMILES string of the molecule is ClC1(/N=N/C2(n3n[n+](C4(/N=N/C5(Cl)CCCCC5)CCCCC4)c4ccccc43)CCCCC2)CCCCC1.[Cl][Sb-]([Cl])([Cl])([Cl])([Cl])[Cl]. The summed E-state index contributed by atoms with van der Waals surface area (Å²) < 4.78 is 4.36. The first kappa shape index (κ1) is 38.2. The van der Waals surface area contributed by atoms with Crippen LogP contribution in [0.15, 0.2) is 44.7 Å².